The van der Waals surface area contributed by atoms with Gasteiger partial charge in [-0.3, -0.25) is 9.36 Å². The number of nitrogens with zero attached hydrogens (tertiary/aromatic N) is 10. The normalized spacial score (nSPS) is 18.6. The average Bonchev–Trinajstić information content (AvgIpc) is 4.24. The number of benzene rings is 4. The lowest BCUT2D eigenvalue weighted by Gasteiger charge is -2.27. The Morgan fingerprint density at radius 2 is 0.973 bits per heavy atom. The van der Waals surface area contributed by atoms with Crippen LogP contribution in [0.4, 0.5) is 36.6 Å². The van der Waals surface area contributed by atoms with Gasteiger partial charge in [-0.05, 0) is 96.5 Å². The van der Waals surface area contributed by atoms with E-state index in [0.717, 1.165) is 104 Å². The lowest BCUT2D eigenvalue weighted by molar-refractivity contribution is -0.141. The van der Waals surface area contributed by atoms with Gasteiger partial charge in [0.2, 0.25) is 0 Å². The number of anilines is 2. The number of aromatic nitrogens is 10. The summed E-state index contributed by atoms with van der Waals surface area (Å²) in [6.07, 6.45) is 4.26. The van der Waals surface area contributed by atoms with Crippen LogP contribution in [0.2, 0.25) is 0 Å². The first-order chi connectivity index (χ1) is 35.5. The third-order valence-corrected chi connectivity index (χ3v) is 15.6. The number of aliphatic hydroxyl groups is 2. The monoisotopic (exact) mass is 1050 g/mol. The smallest absolute Gasteiger partial charge is 0.391 e. The van der Waals surface area contributed by atoms with Gasteiger partial charge in [0.25, 0.3) is 0 Å². The largest absolute Gasteiger partial charge is 0.435 e. The minimum Gasteiger partial charge on any atom is -0.391 e. The highest BCUT2D eigenvalue weighted by molar-refractivity contribution is 7.22. The Balaban J connectivity index is 0.000000159. The van der Waals surface area contributed by atoms with Crippen molar-refractivity contribution in [2.75, 3.05) is 10.6 Å². The van der Waals surface area contributed by atoms with Gasteiger partial charge in [0.15, 0.2) is 21.7 Å². The quantitative estimate of drug-likeness (QED) is 0.0970. The number of aryl methyl sites for hydroxylation is 2. The highest BCUT2D eigenvalue weighted by atomic mass is 32.1. The van der Waals surface area contributed by atoms with E-state index in [0.29, 0.717) is 35.2 Å². The van der Waals surface area contributed by atoms with Crippen molar-refractivity contribution in [1.29, 1.82) is 0 Å². The lowest BCUT2D eigenvalue weighted by Crippen LogP contribution is -2.36. The van der Waals surface area contributed by atoms with Crippen LogP contribution in [0.3, 0.4) is 0 Å². The molecule has 2 saturated carbocycles. The molecule has 0 unspecified atom stereocenters. The zero-order chi connectivity index (χ0) is 51.5. The number of hydrogen-bond acceptors (Lipinski definition) is 12. The molecule has 2 fully saturated rings. The summed E-state index contributed by atoms with van der Waals surface area (Å²) < 4.78 is 89.1. The third kappa shape index (κ3) is 10.3. The van der Waals surface area contributed by atoms with Crippen LogP contribution in [0.25, 0.3) is 64.8 Å². The zero-order valence-corrected chi connectivity index (χ0v) is 41.7. The molecule has 6 aromatic heterocycles. The summed E-state index contributed by atoms with van der Waals surface area (Å²) >= 11 is 3.14. The average molecular weight is 1050 g/mol. The van der Waals surface area contributed by atoms with Crippen molar-refractivity contribution in [1.82, 2.24) is 48.6 Å². The number of rotatable bonds is 10. The molecule has 4 N–H and O–H groups in total. The Bertz CT molecular complexity index is 3410. The molecule has 0 aliphatic heterocycles. The Labute approximate surface area is 427 Å². The molecule has 0 spiro atoms. The molecule has 12 rings (SSSR count). The molecular formula is C52H50F6N12O2S2. The van der Waals surface area contributed by atoms with Crippen molar-refractivity contribution in [3.05, 3.63) is 120 Å². The molecule has 74 heavy (non-hydrogen) atoms. The molecule has 4 atom stereocenters. The van der Waals surface area contributed by atoms with Gasteiger partial charge in [-0.15, -0.1) is 0 Å². The molecule has 4 aromatic carbocycles. The Hall–Kier alpha value is -6.88. The molecule has 10 aromatic rings. The second-order valence-electron chi connectivity index (χ2n) is 19.1. The van der Waals surface area contributed by atoms with Gasteiger partial charge in [-0.25, -0.2) is 19.9 Å². The zero-order valence-electron chi connectivity index (χ0n) is 40.1. The molecule has 0 amide bonds. The topological polar surface area (TPSA) is 162 Å². The number of aliphatic hydroxyl groups excluding tert-OH is 2. The van der Waals surface area contributed by atoms with Gasteiger partial charge >= 0.3 is 12.4 Å². The van der Waals surface area contributed by atoms with Crippen molar-refractivity contribution >= 4 is 75.4 Å². The molecule has 0 bridgehead atoms. The van der Waals surface area contributed by atoms with Crippen LogP contribution in [0.15, 0.2) is 97.8 Å². The second kappa shape index (κ2) is 19.8. The van der Waals surface area contributed by atoms with Gasteiger partial charge in [-0.2, -0.15) is 36.5 Å². The van der Waals surface area contributed by atoms with E-state index < -0.39 is 23.7 Å². The van der Waals surface area contributed by atoms with E-state index in [1.807, 2.05) is 33.4 Å². The molecule has 14 nitrogen and oxygen atoms in total. The molecule has 6 heterocycles. The molecule has 22 heteroatoms. The van der Waals surface area contributed by atoms with Gasteiger partial charge in [0.1, 0.15) is 0 Å². The summed E-state index contributed by atoms with van der Waals surface area (Å²) in [5, 5.41) is 36.2. The summed E-state index contributed by atoms with van der Waals surface area (Å²) in [7, 11) is 2.95. The highest BCUT2D eigenvalue weighted by Crippen LogP contribution is 2.39. The highest BCUT2D eigenvalue weighted by Gasteiger charge is 2.38. The number of nitrogens with one attached hydrogen (secondary N) is 2. The molecule has 384 valence electrons. The maximum atomic E-state index is 13.4. The van der Waals surface area contributed by atoms with Gasteiger partial charge in [-0.1, -0.05) is 72.6 Å². The Kier molecular flexibility index (Phi) is 13.2. The fraction of sp³-hybridized carbons (Fsp3) is 0.346. The summed E-state index contributed by atoms with van der Waals surface area (Å²) in [5.41, 5.74) is 5.94. The molecule has 0 radical (unpaired) electrons. The van der Waals surface area contributed by atoms with E-state index in [2.05, 4.69) is 52.9 Å². The summed E-state index contributed by atoms with van der Waals surface area (Å²) in [6, 6.07) is 22.6. The Morgan fingerprint density at radius 1 is 0.554 bits per heavy atom. The fourth-order valence-corrected chi connectivity index (χ4v) is 12.0. The molecule has 2 aliphatic carbocycles. The summed E-state index contributed by atoms with van der Waals surface area (Å²) in [4.78, 5) is 18.3. The van der Waals surface area contributed by atoms with E-state index in [4.69, 9.17) is 0 Å². The Morgan fingerprint density at radius 3 is 1.38 bits per heavy atom. The fourth-order valence-electron chi connectivity index (χ4n) is 10.1. The van der Waals surface area contributed by atoms with E-state index in [9.17, 15) is 36.6 Å². The maximum absolute atomic E-state index is 13.4. The van der Waals surface area contributed by atoms with E-state index in [1.54, 1.807) is 71.7 Å². The lowest BCUT2D eigenvalue weighted by atomic mass is 9.93. The van der Waals surface area contributed by atoms with E-state index in [1.165, 1.54) is 35.9 Å². The van der Waals surface area contributed by atoms with Crippen LogP contribution < -0.4 is 10.6 Å². The predicted molar refractivity (Wildman–Crippen MR) is 275 cm³/mol. The number of hydrogen-bond donors (Lipinski definition) is 4. The van der Waals surface area contributed by atoms with Crippen molar-refractivity contribution in [2.24, 2.45) is 14.1 Å². The van der Waals surface area contributed by atoms with Crippen LogP contribution in [-0.4, -0.2) is 83.1 Å². The molecule has 2 aliphatic rings. The predicted octanol–water partition coefficient (Wildman–Crippen LogP) is 11.7. The number of halogens is 6. The number of fused-ring (bicyclic) bond motifs is 4. The van der Waals surface area contributed by atoms with Crippen molar-refractivity contribution in [3.8, 4) is 22.3 Å². The van der Waals surface area contributed by atoms with E-state index >= 15 is 0 Å². The minimum absolute atomic E-state index is 0.0345. The van der Waals surface area contributed by atoms with Crippen LogP contribution in [0.1, 0.15) is 73.9 Å². The first-order valence-corrected chi connectivity index (χ1v) is 25.9. The van der Waals surface area contributed by atoms with Crippen LogP contribution in [0.5, 0.6) is 0 Å². The number of imidazole rings is 2. The van der Waals surface area contributed by atoms with Gasteiger partial charge in [0.05, 0.1) is 79.4 Å². The summed E-state index contributed by atoms with van der Waals surface area (Å²) in [6.45, 7) is 1.13. The summed E-state index contributed by atoms with van der Waals surface area (Å²) in [5.74, 6) is 0. The maximum Gasteiger partial charge on any atom is 0.435 e. The van der Waals surface area contributed by atoms with Crippen molar-refractivity contribution in [3.63, 3.8) is 0 Å². The third-order valence-electron chi connectivity index (χ3n) is 13.7. The standard InChI is InChI=1S/2C26H25F3N6OS/c2*1-34-13-17(24(33-34)26(27,28)29)16-7-9-21-20(11-16)30-14-35(21)12-15-6-8-19-23(10-15)37-25(32-19)31-18-4-2-3-5-22(18)36/h2*6-11,13-14,18,22,36H,2-5,12H2,1H3,(H,31,32)/t2*18-,22-/m11/s1. The molecule has 0 saturated heterocycles. The first kappa shape index (κ1) is 49.3. The van der Waals surface area contributed by atoms with Crippen molar-refractivity contribution in [2.45, 2.75) is 101 Å². The van der Waals surface area contributed by atoms with Gasteiger partial charge in [0, 0.05) is 50.7 Å². The van der Waals surface area contributed by atoms with Crippen LogP contribution >= 0.6 is 22.7 Å². The number of alkyl halides is 6. The first-order valence-electron chi connectivity index (χ1n) is 24.3. The molecular weight excluding hydrogens is 1000 g/mol. The minimum atomic E-state index is -4.54. The van der Waals surface area contributed by atoms with E-state index in [-0.39, 0.29) is 35.4 Å². The second-order valence-corrected chi connectivity index (χ2v) is 21.2. The van der Waals surface area contributed by atoms with Crippen LogP contribution in [0, 0.1) is 0 Å². The van der Waals surface area contributed by atoms with Gasteiger partial charge < -0.3 is 30.0 Å². The number of thiazole rings is 2. The van der Waals surface area contributed by atoms with Crippen LogP contribution in [-0.2, 0) is 39.5 Å². The SMILES string of the molecule is Cn1cc(-c2ccc3c(c2)ncn3Cc2ccc3nc(N[C@@H]4CCCC[C@H]4O)sc3c2)c(C(F)(F)F)n1.Cn1cc(-c2ccc3c(c2)ncn3Cc2ccc3nc(N[C@@H]4CCCC[C@H]4O)sc3c2)c(C(F)(F)F)n1. The van der Waals surface area contributed by atoms with Crippen molar-refractivity contribution < 1.29 is 36.6 Å².